The molecule has 4 heteroatoms. The van der Waals surface area contributed by atoms with E-state index in [9.17, 15) is 4.79 Å². The molecule has 0 heterocycles. The number of anilines is 1. The molecule has 1 N–H and O–H groups in total. The second kappa shape index (κ2) is 8.78. The summed E-state index contributed by atoms with van der Waals surface area (Å²) < 4.78 is 6.59. The normalized spacial score (nSPS) is 14.2. The Hall–Kier alpha value is -3.01. The van der Waals surface area contributed by atoms with E-state index in [1.807, 2.05) is 20.2 Å². The Bertz CT molecular complexity index is 1050. The molecular formula is C26H29NO3. The lowest BCUT2D eigenvalue weighted by Crippen LogP contribution is -2.17. The number of ether oxygens (including phenoxy) is 1. The van der Waals surface area contributed by atoms with E-state index in [-0.39, 0.29) is 12.5 Å². The van der Waals surface area contributed by atoms with Gasteiger partial charge in [-0.3, -0.25) is 4.79 Å². The number of rotatable bonds is 7. The van der Waals surface area contributed by atoms with Crippen LogP contribution in [0.2, 0.25) is 0 Å². The minimum absolute atomic E-state index is 0.118. The molecule has 0 atom stereocenters. The maximum absolute atomic E-state index is 11.2. The second-order valence-corrected chi connectivity index (χ2v) is 8.37. The van der Waals surface area contributed by atoms with Crippen LogP contribution in [0.4, 0.5) is 5.69 Å². The number of benzene rings is 3. The number of carboxylic acid groups (broad SMARTS) is 1. The topological polar surface area (TPSA) is 49.8 Å². The van der Waals surface area contributed by atoms with Gasteiger partial charge in [-0.05, 0) is 72.2 Å². The van der Waals surface area contributed by atoms with E-state index in [2.05, 4.69) is 53.4 Å². The minimum Gasteiger partial charge on any atom is -0.488 e. The summed E-state index contributed by atoms with van der Waals surface area (Å²) in [6.07, 6.45) is 5.46. The fraction of sp³-hybridized carbons (Fsp3) is 0.346. The predicted molar refractivity (Wildman–Crippen MR) is 123 cm³/mol. The summed E-state index contributed by atoms with van der Waals surface area (Å²) in [5.41, 5.74) is 4.16. The summed E-state index contributed by atoms with van der Waals surface area (Å²) in [7, 11) is 4.03. The molecule has 1 saturated carbocycles. The molecule has 0 unspecified atom stereocenters. The molecule has 3 aromatic rings. The van der Waals surface area contributed by atoms with Gasteiger partial charge in [-0.15, -0.1) is 0 Å². The van der Waals surface area contributed by atoms with Crippen LogP contribution in [0.1, 0.15) is 37.7 Å². The molecule has 3 aromatic carbocycles. The zero-order chi connectivity index (χ0) is 21.1. The summed E-state index contributed by atoms with van der Waals surface area (Å²) in [4.78, 5) is 13.2. The predicted octanol–water partition coefficient (Wildman–Crippen LogP) is 5.91. The lowest BCUT2D eigenvalue weighted by Gasteiger charge is -2.25. The second-order valence-electron chi connectivity index (χ2n) is 8.37. The first-order chi connectivity index (χ1) is 14.5. The smallest absolute Gasteiger partial charge is 0.303 e. The Labute approximate surface area is 178 Å². The van der Waals surface area contributed by atoms with Gasteiger partial charge in [0.1, 0.15) is 0 Å². The van der Waals surface area contributed by atoms with Gasteiger partial charge >= 0.3 is 5.97 Å². The van der Waals surface area contributed by atoms with Gasteiger partial charge in [-0.25, -0.2) is 0 Å². The Morgan fingerprint density at radius 2 is 1.77 bits per heavy atom. The number of hydrogen-bond donors (Lipinski definition) is 1. The Morgan fingerprint density at radius 1 is 1.03 bits per heavy atom. The van der Waals surface area contributed by atoms with Gasteiger partial charge in [0.2, 0.25) is 0 Å². The van der Waals surface area contributed by atoms with E-state index in [1.54, 1.807) is 0 Å². The summed E-state index contributed by atoms with van der Waals surface area (Å²) in [6, 6.07) is 19.0. The van der Waals surface area contributed by atoms with Crippen molar-refractivity contribution in [3.63, 3.8) is 0 Å². The highest BCUT2D eigenvalue weighted by atomic mass is 16.5. The molecule has 1 aliphatic carbocycles. The maximum atomic E-state index is 11.2. The third-order valence-electron chi connectivity index (χ3n) is 5.89. The van der Waals surface area contributed by atoms with Crippen LogP contribution in [0, 0.1) is 0 Å². The van der Waals surface area contributed by atoms with Gasteiger partial charge in [0.05, 0.1) is 11.8 Å². The minimum atomic E-state index is -0.778. The summed E-state index contributed by atoms with van der Waals surface area (Å²) in [5.74, 6) is 0.126. The highest BCUT2D eigenvalue weighted by Gasteiger charge is 2.22. The molecule has 1 aliphatic rings. The summed E-state index contributed by atoms with van der Waals surface area (Å²) in [5, 5.41) is 11.6. The van der Waals surface area contributed by atoms with Crippen LogP contribution in [-0.4, -0.2) is 31.3 Å². The molecule has 4 rings (SSSR count). The third kappa shape index (κ3) is 4.43. The quantitative estimate of drug-likeness (QED) is 0.533. The van der Waals surface area contributed by atoms with Gasteiger partial charge in [-0.1, -0.05) is 36.4 Å². The van der Waals surface area contributed by atoms with Crippen molar-refractivity contribution in [3.05, 3.63) is 60.2 Å². The molecule has 0 aromatic heterocycles. The van der Waals surface area contributed by atoms with Crippen LogP contribution in [0.15, 0.2) is 54.6 Å². The van der Waals surface area contributed by atoms with Crippen molar-refractivity contribution in [2.75, 3.05) is 19.0 Å². The number of aliphatic carboxylic acids is 1. The number of carboxylic acids is 1. The lowest BCUT2D eigenvalue weighted by atomic mass is 9.96. The van der Waals surface area contributed by atoms with Crippen molar-refractivity contribution in [2.24, 2.45) is 0 Å². The molecule has 156 valence electrons. The van der Waals surface area contributed by atoms with E-state index in [0.717, 1.165) is 41.0 Å². The first-order valence-corrected chi connectivity index (χ1v) is 10.7. The Balaban J connectivity index is 1.85. The van der Waals surface area contributed by atoms with E-state index in [0.29, 0.717) is 6.42 Å². The molecule has 0 radical (unpaired) electrons. The monoisotopic (exact) mass is 403 g/mol. The first-order valence-electron chi connectivity index (χ1n) is 10.7. The molecule has 0 spiro atoms. The lowest BCUT2D eigenvalue weighted by molar-refractivity contribution is -0.136. The van der Waals surface area contributed by atoms with Crippen LogP contribution in [-0.2, 0) is 11.2 Å². The molecule has 1 fully saturated rings. The number of fused-ring (bicyclic) bond motifs is 1. The molecule has 0 saturated heterocycles. The fourth-order valence-electron chi connectivity index (χ4n) is 4.27. The third-order valence-corrected chi connectivity index (χ3v) is 5.89. The average molecular weight is 404 g/mol. The van der Waals surface area contributed by atoms with Gasteiger partial charge < -0.3 is 14.7 Å². The number of nitrogens with zero attached hydrogens (tertiary/aromatic N) is 1. The largest absolute Gasteiger partial charge is 0.488 e. The number of aryl methyl sites for hydroxylation is 1. The van der Waals surface area contributed by atoms with Crippen molar-refractivity contribution in [1.29, 1.82) is 0 Å². The standard InChI is InChI=1S/C26H29NO3/c1-27(2)24-16-18(11-14-25(28)29)15-23(26(24)30-22-9-5-6-10-22)21-13-12-19-7-3-4-8-20(19)17-21/h3-4,7-8,12-13,15-17,22H,5-6,9-11,14H2,1-2H3,(H,28,29). The number of carbonyl (C=O) groups is 1. The van der Waals surface area contributed by atoms with Crippen LogP contribution in [0.25, 0.3) is 21.9 Å². The fourth-order valence-corrected chi connectivity index (χ4v) is 4.27. The van der Waals surface area contributed by atoms with Gasteiger partial charge in [0, 0.05) is 26.1 Å². The zero-order valence-corrected chi connectivity index (χ0v) is 17.7. The number of hydrogen-bond acceptors (Lipinski definition) is 3. The molecular weight excluding hydrogens is 374 g/mol. The van der Waals surface area contributed by atoms with E-state index < -0.39 is 5.97 Å². The average Bonchev–Trinajstić information content (AvgIpc) is 3.25. The maximum Gasteiger partial charge on any atom is 0.303 e. The first kappa shape index (κ1) is 20.3. The summed E-state index contributed by atoms with van der Waals surface area (Å²) >= 11 is 0. The molecule has 0 amide bonds. The van der Waals surface area contributed by atoms with Crippen molar-refractivity contribution in [1.82, 2.24) is 0 Å². The van der Waals surface area contributed by atoms with Gasteiger partial charge in [0.25, 0.3) is 0 Å². The van der Waals surface area contributed by atoms with Gasteiger partial charge in [0.15, 0.2) is 5.75 Å². The Morgan fingerprint density at radius 3 is 2.47 bits per heavy atom. The Kier molecular flexibility index (Phi) is 5.93. The van der Waals surface area contributed by atoms with Crippen LogP contribution < -0.4 is 9.64 Å². The molecule has 4 nitrogen and oxygen atoms in total. The van der Waals surface area contributed by atoms with Crippen molar-refractivity contribution >= 4 is 22.4 Å². The van der Waals surface area contributed by atoms with Gasteiger partial charge in [-0.2, -0.15) is 0 Å². The van der Waals surface area contributed by atoms with E-state index >= 15 is 0 Å². The zero-order valence-electron chi connectivity index (χ0n) is 17.7. The van der Waals surface area contributed by atoms with Crippen LogP contribution in [0.3, 0.4) is 0 Å². The van der Waals surface area contributed by atoms with Crippen molar-refractivity contribution in [3.8, 4) is 16.9 Å². The molecule has 0 bridgehead atoms. The molecule has 0 aliphatic heterocycles. The summed E-state index contributed by atoms with van der Waals surface area (Å²) in [6.45, 7) is 0. The van der Waals surface area contributed by atoms with Crippen molar-refractivity contribution in [2.45, 2.75) is 44.6 Å². The highest BCUT2D eigenvalue weighted by molar-refractivity contribution is 5.90. The van der Waals surface area contributed by atoms with Crippen LogP contribution >= 0.6 is 0 Å². The highest BCUT2D eigenvalue weighted by Crippen LogP contribution is 2.42. The SMILES string of the molecule is CN(C)c1cc(CCC(=O)O)cc(-c2ccc3ccccc3c2)c1OC1CCCC1. The van der Waals surface area contributed by atoms with Crippen molar-refractivity contribution < 1.29 is 14.6 Å². The van der Waals surface area contributed by atoms with E-state index in [1.165, 1.54) is 23.6 Å². The molecule has 30 heavy (non-hydrogen) atoms. The van der Waals surface area contributed by atoms with Crippen LogP contribution in [0.5, 0.6) is 5.75 Å². The van der Waals surface area contributed by atoms with E-state index in [4.69, 9.17) is 9.84 Å².